The second kappa shape index (κ2) is 9.09. The van der Waals surface area contributed by atoms with E-state index in [1.165, 1.54) is 12.1 Å². The molecule has 4 rings (SSSR count). The van der Waals surface area contributed by atoms with Crippen LogP contribution in [0.3, 0.4) is 0 Å². The Kier molecular flexibility index (Phi) is 6.27. The summed E-state index contributed by atoms with van der Waals surface area (Å²) in [6.07, 6.45) is 3.76. The summed E-state index contributed by atoms with van der Waals surface area (Å²) in [6.45, 7) is 3.30. The van der Waals surface area contributed by atoms with E-state index in [2.05, 4.69) is 9.97 Å². The van der Waals surface area contributed by atoms with Crippen molar-refractivity contribution >= 4 is 23.2 Å². The van der Waals surface area contributed by atoms with Crippen molar-refractivity contribution in [3.63, 3.8) is 0 Å². The number of piperidine rings is 1. The summed E-state index contributed by atoms with van der Waals surface area (Å²) >= 11 is 1.57. The molecule has 0 saturated carbocycles. The van der Waals surface area contributed by atoms with E-state index < -0.39 is 0 Å². The molecule has 0 atom stereocenters. The number of aromatic nitrogens is 3. The number of aryl methyl sites for hydroxylation is 1. The van der Waals surface area contributed by atoms with Crippen LogP contribution in [0.5, 0.6) is 0 Å². The average Bonchev–Trinajstić information content (AvgIpc) is 3.17. The van der Waals surface area contributed by atoms with Crippen LogP contribution in [0, 0.1) is 12.7 Å². The van der Waals surface area contributed by atoms with E-state index in [0.717, 1.165) is 40.4 Å². The zero-order valence-corrected chi connectivity index (χ0v) is 18.8. The molecule has 1 fully saturated rings. The lowest BCUT2D eigenvalue weighted by Gasteiger charge is -2.32. The van der Waals surface area contributed by atoms with Crippen molar-refractivity contribution in [1.82, 2.24) is 19.9 Å². The minimum atomic E-state index is -0.280. The first-order valence-corrected chi connectivity index (χ1v) is 11.3. The predicted octanol–water partition coefficient (Wildman–Crippen LogP) is 4.06. The highest BCUT2D eigenvalue weighted by Crippen LogP contribution is 2.35. The quantitative estimate of drug-likeness (QED) is 0.600. The van der Waals surface area contributed by atoms with Crippen molar-refractivity contribution in [3.8, 4) is 11.1 Å². The van der Waals surface area contributed by atoms with E-state index in [1.807, 2.05) is 42.3 Å². The lowest BCUT2D eigenvalue weighted by Crippen LogP contribution is -2.39. The number of amides is 1. The fraction of sp³-hybridized carbons (Fsp3) is 0.391. The summed E-state index contributed by atoms with van der Waals surface area (Å²) in [6, 6.07) is 6.54. The van der Waals surface area contributed by atoms with Gasteiger partial charge in [0.1, 0.15) is 5.82 Å². The highest BCUT2D eigenvalue weighted by atomic mass is 32.1. The number of benzene rings is 1. The van der Waals surface area contributed by atoms with E-state index in [1.54, 1.807) is 23.6 Å². The van der Waals surface area contributed by atoms with Gasteiger partial charge in [-0.15, -0.1) is 11.3 Å². The number of hydrogen-bond acceptors (Lipinski definition) is 6. The molecule has 31 heavy (non-hydrogen) atoms. The number of thiazole rings is 1. The number of nitrogens with zero attached hydrogens (tertiary/aromatic N) is 5. The van der Waals surface area contributed by atoms with E-state index in [9.17, 15) is 9.18 Å². The molecule has 0 spiro atoms. The van der Waals surface area contributed by atoms with Crippen LogP contribution in [0.2, 0.25) is 0 Å². The fourth-order valence-electron chi connectivity index (χ4n) is 3.95. The Bertz CT molecular complexity index is 1080. The summed E-state index contributed by atoms with van der Waals surface area (Å²) < 4.78 is 13.9. The first kappa shape index (κ1) is 21.4. The van der Waals surface area contributed by atoms with Crippen LogP contribution in [0.1, 0.15) is 35.2 Å². The predicted molar refractivity (Wildman–Crippen MR) is 121 cm³/mol. The summed E-state index contributed by atoms with van der Waals surface area (Å²) in [5, 5.41) is 2.93. The van der Waals surface area contributed by atoms with Gasteiger partial charge in [-0.25, -0.2) is 19.3 Å². The van der Waals surface area contributed by atoms with Crippen molar-refractivity contribution in [2.45, 2.75) is 32.1 Å². The Hall–Kier alpha value is -2.87. The number of carbonyl (C=O) groups excluding carboxylic acids is 1. The average molecular weight is 440 g/mol. The van der Waals surface area contributed by atoms with Gasteiger partial charge in [-0.05, 0) is 37.5 Å². The van der Waals surface area contributed by atoms with Crippen molar-refractivity contribution in [2.75, 3.05) is 32.1 Å². The van der Waals surface area contributed by atoms with Crippen LogP contribution >= 0.6 is 11.3 Å². The minimum absolute atomic E-state index is 0.116. The molecule has 6 nitrogen and oxygen atoms in total. The number of anilines is 1. The third-order valence-corrected chi connectivity index (χ3v) is 6.40. The van der Waals surface area contributed by atoms with E-state index >= 15 is 0 Å². The van der Waals surface area contributed by atoms with Gasteiger partial charge in [-0.1, -0.05) is 12.1 Å². The molecule has 0 bridgehead atoms. The van der Waals surface area contributed by atoms with Gasteiger partial charge in [-0.3, -0.25) is 4.79 Å². The normalized spacial score (nSPS) is 14.6. The van der Waals surface area contributed by atoms with Crippen LogP contribution in [0.15, 0.2) is 35.8 Å². The minimum Gasteiger partial charge on any atom is -0.347 e. The molecular formula is C23H26FN5OS. The maximum atomic E-state index is 13.9. The van der Waals surface area contributed by atoms with Gasteiger partial charge in [0.05, 0.1) is 22.8 Å². The third-order valence-electron chi connectivity index (χ3n) is 5.57. The third kappa shape index (κ3) is 4.90. The number of halogens is 1. The van der Waals surface area contributed by atoms with Crippen molar-refractivity contribution < 1.29 is 9.18 Å². The van der Waals surface area contributed by atoms with Gasteiger partial charge in [0.2, 0.25) is 11.9 Å². The highest BCUT2D eigenvalue weighted by Gasteiger charge is 2.27. The number of hydrogen-bond donors (Lipinski definition) is 0. The number of carbonyl (C=O) groups is 1. The number of rotatable bonds is 5. The first-order valence-electron chi connectivity index (χ1n) is 10.4. The van der Waals surface area contributed by atoms with Gasteiger partial charge in [-0.2, -0.15) is 0 Å². The zero-order chi connectivity index (χ0) is 22.0. The maximum Gasteiger partial charge on any atom is 0.228 e. The molecule has 1 aromatic carbocycles. The summed E-state index contributed by atoms with van der Waals surface area (Å²) in [4.78, 5) is 30.2. The van der Waals surface area contributed by atoms with Gasteiger partial charge in [0.25, 0.3) is 0 Å². The monoisotopic (exact) mass is 439 g/mol. The molecule has 0 radical (unpaired) electrons. The Balaban J connectivity index is 1.53. The SMILES string of the molecule is Cc1nc(CC(=O)N2CCC(c3nc(N(C)C)ncc3-c3cccc(F)c3)CC2)cs1. The lowest BCUT2D eigenvalue weighted by molar-refractivity contribution is -0.131. The van der Waals surface area contributed by atoms with Crippen LogP contribution in [0.4, 0.5) is 10.3 Å². The number of likely N-dealkylation sites (tertiary alicyclic amines) is 1. The Labute approximate surface area is 185 Å². The van der Waals surface area contributed by atoms with E-state index in [-0.39, 0.29) is 17.6 Å². The lowest BCUT2D eigenvalue weighted by atomic mass is 9.88. The van der Waals surface area contributed by atoms with Gasteiger partial charge in [0, 0.05) is 50.2 Å². The van der Waals surface area contributed by atoms with Crippen molar-refractivity contribution in [2.24, 2.45) is 0 Å². The first-order chi connectivity index (χ1) is 14.9. The molecule has 0 N–H and O–H groups in total. The zero-order valence-electron chi connectivity index (χ0n) is 18.0. The molecule has 2 aromatic heterocycles. The molecule has 3 aromatic rings. The smallest absolute Gasteiger partial charge is 0.228 e. The fourth-order valence-corrected chi connectivity index (χ4v) is 4.56. The molecule has 162 valence electrons. The molecule has 1 aliphatic heterocycles. The topological polar surface area (TPSA) is 62.2 Å². The van der Waals surface area contributed by atoms with Crippen LogP contribution in [-0.2, 0) is 11.2 Å². The Morgan fingerprint density at radius 1 is 1.26 bits per heavy atom. The maximum absolute atomic E-state index is 13.9. The van der Waals surface area contributed by atoms with Crippen LogP contribution < -0.4 is 4.90 Å². The van der Waals surface area contributed by atoms with Gasteiger partial charge >= 0.3 is 0 Å². The summed E-state index contributed by atoms with van der Waals surface area (Å²) in [5.41, 5.74) is 3.39. The molecular weight excluding hydrogens is 413 g/mol. The van der Waals surface area contributed by atoms with Gasteiger partial charge < -0.3 is 9.80 Å². The largest absolute Gasteiger partial charge is 0.347 e. The molecule has 1 amide bonds. The van der Waals surface area contributed by atoms with E-state index in [0.29, 0.717) is 25.5 Å². The van der Waals surface area contributed by atoms with E-state index in [4.69, 9.17) is 4.98 Å². The van der Waals surface area contributed by atoms with Crippen LogP contribution in [-0.4, -0.2) is 52.9 Å². The summed E-state index contributed by atoms with van der Waals surface area (Å²) in [7, 11) is 3.81. The molecule has 1 aliphatic rings. The summed E-state index contributed by atoms with van der Waals surface area (Å²) in [5.74, 6) is 0.654. The van der Waals surface area contributed by atoms with Crippen molar-refractivity contribution in [1.29, 1.82) is 0 Å². The highest BCUT2D eigenvalue weighted by molar-refractivity contribution is 7.09. The van der Waals surface area contributed by atoms with Gasteiger partial charge in [0.15, 0.2) is 0 Å². The second-order valence-electron chi connectivity index (χ2n) is 8.06. The molecule has 3 heterocycles. The van der Waals surface area contributed by atoms with Crippen LogP contribution in [0.25, 0.3) is 11.1 Å². The molecule has 1 saturated heterocycles. The standard InChI is InChI=1S/C23H26FN5OS/c1-15-26-19(14-31-15)12-21(30)29-9-7-16(8-10-29)22-20(13-25-23(27-22)28(2)3)17-5-4-6-18(24)11-17/h4-6,11,13-14,16H,7-10,12H2,1-3H3. The molecule has 0 unspecified atom stereocenters. The molecule has 0 aliphatic carbocycles. The molecule has 8 heteroatoms. The van der Waals surface area contributed by atoms with Crippen molar-refractivity contribution in [3.05, 3.63) is 58.1 Å². The second-order valence-corrected chi connectivity index (χ2v) is 9.13. The Morgan fingerprint density at radius 3 is 2.68 bits per heavy atom. The Morgan fingerprint density at radius 2 is 2.03 bits per heavy atom.